The van der Waals surface area contributed by atoms with Crippen LogP contribution >= 0.6 is 15.6 Å². The van der Waals surface area contributed by atoms with Crippen molar-refractivity contribution in [1.29, 1.82) is 0 Å². The van der Waals surface area contributed by atoms with E-state index < -0.39 is 97.5 Å². The van der Waals surface area contributed by atoms with Crippen LogP contribution in [0.4, 0.5) is 0 Å². The van der Waals surface area contributed by atoms with Gasteiger partial charge in [0.2, 0.25) is 0 Å². The Morgan fingerprint density at radius 2 is 0.571 bits per heavy atom. The Labute approximate surface area is 592 Å². The molecule has 98 heavy (non-hydrogen) atoms. The summed E-state index contributed by atoms with van der Waals surface area (Å²) in [6.07, 6.45) is 78.7. The maximum absolute atomic E-state index is 13.1. The fourth-order valence-electron chi connectivity index (χ4n) is 9.21. The number of aliphatic hydroxyl groups excluding tert-OH is 1. The largest absolute Gasteiger partial charge is 0.472 e. The van der Waals surface area contributed by atoms with Gasteiger partial charge in [0, 0.05) is 25.7 Å². The van der Waals surface area contributed by atoms with Crippen molar-refractivity contribution in [3.63, 3.8) is 0 Å². The number of phosphoric acid groups is 2. The van der Waals surface area contributed by atoms with E-state index in [1.165, 1.54) is 38.5 Å². The number of hydrogen-bond acceptors (Lipinski definition) is 15. The first-order valence-corrected chi connectivity index (χ1v) is 40.1. The van der Waals surface area contributed by atoms with Crippen LogP contribution in [0, 0.1) is 0 Å². The minimum absolute atomic E-state index is 0.0223. The van der Waals surface area contributed by atoms with Gasteiger partial charge in [-0.15, -0.1) is 0 Å². The lowest BCUT2D eigenvalue weighted by Gasteiger charge is -2.21. The third kappa shape index (κ3) is 69.4. The molecule has 0 aliphatic carbocycles. The molecule has 0 amide bonds. The van der Waals surface area contributed by atoms with Crippen LogP contribution < -0.4 is 0 Å². The van der Waals surface area contributed by atoms with E-state index in [1.54, 1.807) is 0 Å². The summed E-state index contributed by atoms with van der Waals surface area (Å²) < 4.78 is 68.2. The van der Waals surface area contributed by atoms with Gasteiger partial charge in [-0.1, -0.05) is 263 Å². The minimum atomic E-state index is -5.00. The van der Waals surface area contributed by atoms with Gasteiger partial charge in [-0.05, 0) is 128 Å². The Hall–Kier alpha value is -5.06. The molecule has 0 fully saturated rings. The fourth-order valence-corrected chi connectivity index (χ4v) is 10.8. The number of allylic oxidation sites excluding steroid dienone is 24. The average molecular weight is 1410 g/mol. The number of esters is 4. The van der Waals surface area contributed by atoms with Gasteiger partial charge in [0.1, 0.15) is 19.3 Å². The van der Waals surface area contributed by atoms with E-state index >= 15 is 0 Å². The van der Waals surface area contributed by atoms with Crippen LogP contribution in [0.2, 0.25) is 0 Å². The monoisotopic (exact) mass is 1410 g/mol. The molecule has 17 nitrogen and oxygen atoms in total. The number of carbonyl (C=O) groups excluding carboxylic acids is 4. The molecule has 0 saturated heterocycles. The predicted octanol–water partition coefficient (Wildman–Crippen LogP) is 21.1. The van der Waals surface area contributed by atoms with Gasteiger partial charge in [-0.3, -0.25) is 37.3 Å². The molecule has 0 aliphatic rings. The zero-order chi connectivity index (χ0) is 71.8. The van der Waals surface area contributed by atoms with Crippen LogP contribution in [0.15, 0.2) is 146 Å². The summed E-state index contributed by atoms with van der Waals surface area (Å²) in [5.74, 6) is -2.34. The van der Waals surface area contributed by atoms with Gasteiger partial charge >= 0.3 is 39.5 Å². The van der Waals surface area contributed by atoms with E-state index in [1.807, 2.05) is 24.3 Å². The Balaban J connectivity index is 5.45. The Kier molecular flexibility index (Phi) is 66.7. The predicted molar refractivity (Wildman–Crippen MR) is 399 cm³/mol. The quantitative estimate of drug-likeness (QED) is 0.0169. The van der Waals surface area contributed by atoms with Gasteiger partial charge in [0.25, 0.3) is 0 Å². The second kappa shape index (κ2) is 70.4. The standard InChI is InChI=1S/C79H130O17P2/c1-5-9-13-17-21-25-29-32-34-35-36-37-39-41-45-48-52-56-60-64-77(82)90-70-75(96-79(84)66-62-58-54-50-46-42-38-33-30-26-22-18-14-10-6-2)72-94-98(87,88)92-68-73(80)67-91-97(85,86)93-71-74(95-78(83)65-61-57-53-49-43-28-24-20-16-12-8-4)69-89-76(81)63-59-55-51-47-44-40-31-27-23-19-15-11-7-3/h9-10,13-15,19,21-22,25-27,31-34,36-38,41,45-46,50,52,56,73-75,80H,5-8,11-12,16-18,20,23-24,28-30,35,39-40,42-44,47-49,51,53-55,57-72H2,1-4H3,(H,85,86)(H,87,88)/b13-9-,14-10-,19-15-,25-21-,26-22-,31-27-,34-32-,37-36-,38-33-,45-41-,50-46-,56-52-. The summed E-state index contributed by atoms with van der Waals surface area (Å²) in [5.41, 5.74) is 0. The molecule has 0 aliphatic heterocycles. The first-order chi connectivity index (χ1) is 47.7. The van der Waals surface area contributed by atoms with E-state index in [0.717, 1.165) is 141 Å². The first-order valence-electron chi connectivity index (χ1n) is 37.1. The molecular formula is C79H130O17P2. The fraction of sp³-hybridized carbons (Fsp3) is 0.646. The van der Waals surface area contributed by atoms with Crippen LogP contribution in [0.25, 0.3) is 0 Å². The summed E-state index contributed by atoms with van der Waals surface area (Å²) in [6, 6.07) is 0. The van der Waals surface area contributed by atoms with Gasteiger partial charge < -0.3 is 33.8 Å². The van der Waals surface area contributed by atoms with Crippen molar-refractivity contribution in [2.24, 2.45) is 0 Å². The topological polar surface area (TPSA) is 237 Å². The molecule has 3 N–H and O–H groups in total. The van der Waals surface area contributed by atoms with Crippen LogP contribution in [-0.2, 0) is 65.4 Å². The second-order valence-corrected chi connectivity index (χ2v) is 27.0. The molecule has 5 unspecified atom stereocenters. The smallest absolute Gasteiger partial charge is 0.462 e. The molecule has 0 aromatic rings. The van der Waals surface area contributed by atoms with Crippen molar-refractivity contribution < 1.29 is 80.2 Å². The van der Waals surface area contributed by atoms with Crippen molar-refractivity contribution >= 4 is 39.5 Å². The summed E-state index contributed by atoms with van der Waals surface area (Å²) >= 11 is 0. The van der Waals surface area contributed by atoms with Crippen molar-refractivity contribution in [2.45, 2.75) is 290 Å². The average Bonchev–Trinajstić information content (AvgIpc) is 0.992. The molecule has 0 rings (SSSR count). The summed E-state index contributed by atoms with van der Waals surface area (Å²) in [7, 11) is -9.99. The van der Waals surface area contributed by atoms with Gasteiger partial charge in [-0.2, -0.15) is 0 Å². The van der Waals surface area contributed by atoms with Crippen molar-refractivity contribution in [3.05, 3.63) is 146 Å². The van der Waals surface area contributed by atoms with Crippen LogP contribution in [0.5, 0.6) is 0 Å². The molecule has 0 saturated carbocycles. The van der Waals surface area contributed by atoms with Crippen molar-refractivity contribution in [2.75, 3.05) is 39.6 Å². The Morgan fingerprint density at radius 3 is 0.939 bits per heavy atom. The molecule has 5 atom stereocenters. The summed E-state index contributed by atoms with van der Waals surface area (Å²) in [5, 5.41) is 10.6. The van der Waals surface area contributed by atoms with Crippen LogP contribution in [-0.4, -0.2) is 96.7 Å². The Morgan fingerprint density at radius 1 is 0.296 bits per heavy atom. The highest BCUT2D eigenvalue weighted by atomic mass is 31.2. The minimum Gasteiger partial charge on any atom is -0.462 e. The van der Waals surface area contributed by atoms with E-state index in [-0.39, 0.29) is 25.7 Å². The highest BCUT2D eigenvalue weighted by Crippen LogP contribution is 2.45. The number of rotatable bonds is 68. The lowest BCUT2D eigenvalue weighted by Crippen LogP contribution is -2.30. The molecule has 0 radical (unpaired) electrons. The highest BCUT2D eigenvalue weighted by Gasteiger charge is 2.30. The van der Waals surface area contributed by atoms with Gasteiger partial charge in [0.05, 0.1) is 26.4 Å². The second-order valence-electron chi connectivity index (χ2n) is 24.1. The molecular weight excluding hydrogens is 1280 g/mol. The van der Waals surface area contributed by atoms with Crippen molar-refractivity contribution in [3.8, 4) is 0 Å². The molecule has 558 valence electrons. The SMILES string of the molecule is CC/C=C\C/C=C\C/C=C\C/C=C\C/C=C\C/C=C\CCC(=O)OCC(COP(=O)(O)OCC(O)COP(=O)(O)OCC(COC(=O)CCCCCCC/C=C\C/C=C\CCC)OC(=O)CCCCCCCCCCCCC)OC(=O)CCCC/C=C\C/C=C\C/C=C\C/C=C\CC. The van der Waals surface area contributed by atoms with E-state index in [0.29, 0.717) is 38.5 Å². The molecule has 0 aromatic carbocycles. The molecule has 0 spiro atoms. The lowest BCUT2D eigenvalue weighted by molar-refractivity contribution is -0.161. The number of hydrogen-bond donors (Lipinski definition) is 3. The summed E-state index contributed by atoms with van der Waals surface area (Å²) in [4.78, 5) is 72.7. The summed E-state index contributed by atoms with van der Waals surface area (Å²) in [6.45, 7) is 4.39. The van der Waals surface area contributed by atoms with Gasteiger partial charge in [0.15, 0.2) is 12.2 Å². The zero-order valence-electron chi connectivity index (χ0n) is 60.7. The van der Waals surface area contributed by atoms with Crippen LogP contribution in [0.1, 0.15) is 272 Å². The van der Waals surface area contributed by atoms with E-state index in [9.17, 15) is 43.2 Å². The highest BCUT2D eigenvalue weighted by molar-refractivity contribution is 7.47. The molecule has 19 heteroatoms. The van der Waals surface area contributed by atoms with E-state index in [2.05, 4.69) is 149 Å². The number of ether oxygens (including phenoxy) is 4. The first kappa shape index (κ1) is 92.9. The molecule has 0 heterocycles. The maximum Gasteiger partial charge on any atom is 0.472 e. The van der Waals surface area contributed by atoms with Crippen molar-refractivity contribution in [1.82, 2.24) is 0 Å². The lowest BCUT2D eigenvalue weighted by atomic mass is 10.1. The third-order valence-corrected chi connectivity index (χ3v) is 16.7. The maximum atomic E-state index is 13.1. The molecule has 0 aromatic heterocycles. The number of carbonyl (C=O) groups is 4. The zero-order valence-corrected chi connectivity index (χ0v) is 62.4. The van der Waals surface area contributed by atoms with Crippen LogP contribution in [0.3, 0.4) is 0 Å². The number of unbranched alkanes of at least 4 members (excludes halogenated alkanes) is 18. The third-order valence-electron chi connectivity index (χ3n) is 14.8. The van der Waals surface area contributed by atoms with Gasteiger partial charge in [-0.25, -0.2) is 9.13 Å². The normalized spacial score (nSPS) is 14.8. The number of aliphatic hydroxyl groups is 1. The molecule has 0 bridgehead atoms. The Bertz CT molecular complexity index is 2430. The number of phosphoric ester groups is 2. The van der Waals surface area contributed by atoms with E-state index in [4.69, 9.17) is 37.0 Å².